The number of aromatic nitrogens is 3. The van der Waals surface area contributed by atoms with Gasteiger partial charge in [0.05, 0.1) is 11.7 Å². The molecule has 0 atom stereocenters. The molecular weight excluding hydrogens is 254 g/mol. The summed E-state index contributed by atoms with van der Waals surface area (Å²) in [6.45, 7) is 0. The summed E-state index contributed by atoms with van der Waals surface area (Å²) in [5.74, 6) is -0.285. The molecule has 3 aromatic rings. The molecule has 0 bridgehead atoms. The zero-order chi connectivity index (χ0) is 13.9. The molecule has 1 amide bonds. The molecule has 6 heteroatoms. The van der Waals surface area contributed by atoms with Gasteiger partial charge in [-0.2, -0.15) is 10.4 Å². The van der Waals surface area contributed by atoms with Crippen LogP contribution < -0.4 is 5.32 Å². The summed E-state index contributed by atoms with van der Waals surface area (Å²) >= 11 is 0. The van der Waals surface area contributed by atoms with Crippen molar-refractivity contribution < 1.29 is 4.79 Å². The summed E-state index contributed by atoms with van der Waals surface area (Å²) in [6, 6.07) is 10.4. The number of rotatable bonds is 2. The van der Waals surface area contributed by atoms with Crippen LogP contribution in [0.15, 0.2) is 42.7 Å². The number of hydrogen-bond acceptors (Lipinski definition) is 4. The lowest BCUT2D eigenvalue weighted by atomic mass is 10.2. The van der Waals surface area contributed by atoms with Crippen LogP contribution in [0.25, 0.3) is 10.9 Å². The minimum Gasteiger partial charge on any atom is -0.322 e. The number of aromatic amines is 1. The van der Waals surface area contributed by atoms with Gasteiger partial charge in [0.15, 0.2) is 0 Å². The molecular formula is C14H9N5O. The van der Waals surface area contributed by atoms with Gasteiger partial charge in [0.1, 0.15) is 11.8 Å². The van der Waals surface area contributed by atoms with Crippen LogP contribution in [-0.4, -0.2) is 21.1 Å². The maximum absolute atomic E-state index is 12.1. The van der Waals surface area contributed by atoms with Crippen molar-refractivity contribution in [3.05, 3.63) is 54.0 Å². The van der Waals surface area contributed by atoms with Crippen molar-refractivity contribution in [2.75, 3.05) is 5.32 Å². The van der Waals surface area contributed by atoms with Gasteiger partial charge in [-0.3, -0.25) is 9.89 Å². The number of nitrogens with zero attached hydrogens (tertiary/aromatic N) is 3. The number of pyridine rings is 1. The summed E-state index contributed by atoms with van der Waals surface area (Å²) in [6.07, 6.45) is 3.12. The van der Waals surface area contributed by atoms with E-state index in [1.54, 1.807) is 18.3 Å². The van der Waals surface area contributed by atoms with Crippen molar-refractivity contribution in [3.63, 3.8) is 0 Å². The summed E-state index contributed by atoms with van der Waals surface area (Å²) in [7, 11) is 0. The Kier molecular flexibility index (Phi) is 2.86. The fourth-order valence-electron chi connectivity index (χ4n) is 1.86. The first-order chi connectivity index (χ1) is 9.76. The highest BCUT2D eigenvalue weighted by Gasteiger charge is 2.08. The lowest BCUT2D eigenvalue weighted by Gasteiger charge is -2.05. The maximum Gasteiger partial charge on any atom is 0.255 e. The molecule has 2 N–H and O–H groups in total. The molecule has 2 aromatic heterocycles. The summed E-state index contributed by atoms with van der Waals surface area (Å²) < 4.78 is 0. The number of hydrogen-bond donors (Lipinski definition) is 2. The maximum atomic E-state index is 12.1. The Morgan fingerprint density at radius 3 is 3.05 bits per heavy atom. The average Bonchev–Trinajstić information content (AvgIpc) is 2.95. The van der Waals surface area contributed by atoms with Gasteiger partial charge >= 0.3 is 0 Å². The van der Waals surface area contributed by atoms with Gasteiger partial charge in [0.25, 0.3) is 5.91 Å². The molecule has 0 aliphatic heterocycles. The molecule has 0 saturated carbocycles. The number of carbonyl (C=O) groups excluding carboxylic acids is 1. The van der Waals surface area contributed by atoms with E-state index in [1.165, 1.54) is 12.3 Å². The molecule has 0 aliphatic rings. The van der Waals surface area contributed by atoms with E-state index < -0.39 is 0 Å². The Hall–Kier alpha value is -3.20. The van der Waals surface area contributed by atoms with Crippen molar-refractivity contribution in [1.29, 1.82) is 5.26 Å². The van der Waals surface area contributed by atoms with Crippen molar-refractivity contribution >= 4 is 22.5 Å². The van der Waals surface area contributed by atoms with Crippen LogP contribution in [0.4, 0.5) is 5.69 Å². The highest BCUT2D eigenvalue weighted by atomic mass is 16.1. The van der Waals surface area contributed by atoms with Gasteiger partial charge in [-0.1, -0.05) is 0 Å². The van der Waals surface area contributed by atoms with Gasteiger partial charge < -0.3 is 5.32 Å². The lowest BCUT2D eigenvalue weighted by Crippen LogP contribution is -2.12. The molecule has 1 aromatic carbocycles. The number of anilines is 1. The zero-order valence-corrected chi connectivity index (χ0v) is 10.3. The van der Waals surface area contributed by atoms with Gasteiger partial charge in [-0.15, -0.1) is 0 Å². The van der Waals surface area contributed by atoms with Gasteiger partial charge in [-0.25, -0.2) is 4.98 Å². The molecule has 0 spiro atoms. The number of benzene rings is 1. The summed E-state index contributed by atoms with van der Waals surface area (Å²) in [5, 5.41) is 19.2. The molecule has 0 aliphatic carbocycles. The van der Waals surface area contributed by atoms with E-state index in [4.69, 9.17) is 5.26 Å². The molecule has 0 radical (unpaired) electrons. The van der Waals surface area contributed by atoms with Crippen molar-refractivity contribution in [2.24, 2.45) is 0 Å². The van der Waals surface area contributed by atoms with Crippen LogP contribution in [0.2, 0.25) is 0 Å². The number of amides is 1. The third-order valence-electron chi connectivity index (χ3n) is 2.83. The van der Waals surface area contributed by atoms with Crippen molar-refractivity contribution in [3.8, 4) is 6.07 Å². The smallest absolute Gasteiger partial charge is 0.255 e. The first-order valence-electron chi connectivity index (χ1n) is 5.87. The second kappa shape index (κ2) is 4.82. The van der Waals surface area contributed by atoms with Gasteiger partial charge in [-0.05, 0) is 30.3 Å². The van der Waals surface area contributed by atoms with Crippen LogP contribution in [0.5, 0.6) is 0 Å². The van der Waals surface area contributed by atoms with E-state index in [9.17, 15) is 4.79 Å². The third kappa shape index (κ3) is 2.20. The monoisotopic (exact) mass is 263 g/mol. The van der Waals surface area contributed by atoms with E-state index >= 15 is 0 Å². The lowest BCUT2D eigenvalue weighted by molar-refractivity contribution is 0.102. The fourth-order valence-corrected chi connectivity index (χ4v) is 1.86. The highest BCUT2D eigenvalue weighted by Crippen LogP contribution is 2.17. The first kappa shape index (κ1) is 11.9. The van der Waals surface area contributed by atoms with E-state index in [-0.39, 0.29) is 11.6 Å². The van der Waals surface area contributed by atoms with Crippen LogP contribution in [0.3, 0.4) is 0 Å². The zero-order valence-electron chi connectivity index (χ0n) is 10.3. The molecule has 3 rings (SSSR count). The van der Waals surface area contributed by atoms with Crippen LogP contribution in [-0.2, 0) is 0 Å². The minimum atomic E-state index is -0.285. The summed E-state index contributed by atoms with van der Waals surface area (Å²) in [4.78, 5) is 15.9. The second-order valence-corrected chi connectivity index (χ2v) is 4.17. The number of H-pyrrole nitrogens is 1. The Balaban J connectivity index is 1.86. The second-order valence-electron chi connectivity index (χ2n) is 4.17. The molecule has 96 valence electrons. The molecule has 6 nitrogen and oxygen atoms in total. The quantitative estimate of drug-likeness (QED) is 0.740. The summed E-state index contributed by atoms with van der Waals surface area (Å²) in [5.41, 5.74) is 2.17. The number of nitriles is 1. The van der Waals surface area contributed by atoms with E-state index in [1.807, 2.05) is 18.2 Å². The third-order valence-corrected chi connectivity index (χ3v) is 2.83. The largest absolute Gasteiger partial charge is 0.322 e. The Bertz CT molecular complexity index is 831. The minimum absolute atomic E-state index is 0.211. The number of nitrogens with one attached hydrogen (secondary N) is 2. The van der Waals surface area contributed by atoms with Crippen LogP contribution in [0.1, 0.15) is 16.1 Å². The SMILES string of the molecule is N#Cc1cc(C(=O)Nc2ccc3[nH]ncc3c2)ccn1. The van der Waals surface area contributed by atoms with Gasteiger partial charge in [0.2, 0.25) is 0 Å². The highest BCUT2D eigenvalue weighted by molar-refractivity contribution is 6.05. The number of fused-ring (bicyclic) bond motifs is 1. The van der Waals surface area contributed by atoms with Crippen molar-refractivity contribution in [1.82, 2.24) is 15.2 Å². The standard InChI is InChI=1S/C14H9N5O/c15-7-12-5-9(3-4-16-12)14(20)18-11-1-2-13-10(6-11)8-17-19-13/h1-6,8H,(H,17,19)(H,18,20). The molecule has 0 unspecified atom stereocenters. The first-order valence-corrected chi connectivity index (χ1v) is 5.87. The van der Waals surface area contributed by atoms with E-state index in [0.29, 0.717) is 11.3 Å². The molecule has 2 heterocycles. The average molecular weight is 263 g/mol. The van der Waals surface area contributed by atoms with Crippen LogP contribution in [0, 0.1) is 11.3 Å². The van der Waals surface area contributed by atoms with Gasteiger partial charge in [0, 0.05) is 22.8 Å². The predicted octanol–water partition coefficient (Wildman–Crippen LogP) is 2.08. The normalized spacial score (nSPS) is 10.2. The fraction of sp³-hybridized carbons (Fsp3) is 0. The van der Waals surface area contributed by atoms with Crippen LogP contribution >= 0.6 is 0 Å². The Labute approximate surface area is 114 Å². The predicted molar refractivity (Wildman–Crippen MR) is 73.0 cm³/mol. The Morgan fingerprint density at radius 2 is 2.20 bits per heavy atom. The molecule has 0 saturated heterocycles. The topological polar surface area (TPSA) is 94.5 Å². The molecule has 20 heavy (non-hydrogen) atoms. The van der Waals surface area contributed by atoms with E-state index in [0.717, 1.165) is 10.9 Å². The van der Waals surface area contributed by atoms with Crippen molar-refractivity contribution in [2.45, 2.75) is 0 Å². The Morgan fingerprint density at radius 1 is 1.30 bits per heavy atom. The molecule has 0 fully saturated rings. The van der Waals surface area contributed by atoms with E-state index in [2.05, 4.69) is 20.5 Å². The number of carbonyl (C=O) groups is 1.